The summed E-state index contributed by atoms with van der Waals surface area (Å²) in [4.78, 5) is 15.4. The van der Waals surface area contributed by atoms with E-state index in [9.17, 15) is 13.2 Å². The van der Waals surface area contributed by atoms with Gasteiger partial charge in [0, 0.05) is 25.2 Å². The van der Waals surface area contributed by atoms with E-state index in [1.807, 2.05) is 24.3 Å². The Morgan fingerprint density at radius 2 is 1.49 bits per heavy atom. The first-order valence-electron chi connectivity index (χ1n) is 14.8. The van der Waals surface area contributed by atoms with Crippen molar-refractivity contribution >= 4 is 15.9 Å². The van der Waals surface area contributed by atoms with Crippen LogP contribution in [0.25, 0.3) is 0 Å². The summed E-state index contributed by atoms with van der Waals surface area (Å²) in [6.07, 6.45) is 6.50. The van der Waals surface area contributed by atoms with Gasteiger partial charge in [-0.2, -0.15) is 4.31 Å². The summed E-state index contributed by atoms with van der Waals surface area (Å²) in [5.74, 6) is 1.19. The largest absolute Gasteiger partial charge is 0.492 e. The van der Waals surface area contributed by atoms with Crippen molar-refractivity contribution in [1.82, 2.24) is 14.5 Å². The second-order valence-electron chi connectivity index (χ2n) is 11.1. The molecule has 5 rings (SSSR count). The highest BCUT2D eigenvalue weighted by Gasteiger charge is 2.25. The van der Waals surface area contributed by atoms with Crippen LogP contribution >= 0.6 is 0 Å². The fourth-order valence-electron chi connectivity index (χ4n) is 5.71. The first-order valence-corrected chi connectivity index (χ1v) is 16.3. The lowest BCUT2D eigenvalue weighted by molar-refractivity contribution is 0.0947. The highest BCUT2D eigenvalue weighted by atomic mass is 32.2. The van der Waals surface area contributed by atoms with Crippen LogP contribution in [0.5, 0.6) is 5.75 Å². The topological polar surface area (TPSA) is 78.9 Å². The zero-order valence-corrected chi connectivity index (χ0v) is 24.5. The van der Waals surface area contributed by atoms with Gasteiger partial charge in [0.1, 0.15) is 12.4 Å². The molecule has 2 fully saturated rings. The SMILES string of the molecule is O=C(NCCOc1ccc(S(=O)(=O)N2CCCCC2)cc1)c1ccc(CN2CCC(Cc3ccccc3)CC2)cc1. The molecule has 7 nitrogen and oxygen atoms in total. The van der Waals surface area contributed by atoms with Crippen molar-refractivity contribution in [2.75, 3.05) is 39.3 Å². The van der Waals surface area contributed by atoms with E-state index < -0.39 is 10.0 Å². The molecule has 1 N–H and O–H groups in total. The smallest absolute Gasteiger partial charge is 0.251 e. The molecule has 2 aliphatic rings. The van der Waals surface area contributed by atoms with Crippen molar-refractivity contribution in [2.45, 2.75) is 50.0 Å². The number of benzene rings is 3. The number of nitrogens with one attached hydrogen (secondary N) is 1. The Morgan fingerprint density at radius 1 is 0.805 bits per heavy atom. The predicted molar refractivity (Wildman–Crippen MR) is 161 cm³/mol. The number of ether oxygens (including phenoxy) is 1. The molecule has 41 heavy (non-hydrogen) atoms. The number of piperidine rings is 2. The Hall–Kier alpha value is -3.20. The molecule has 0 saturated carbocycles. The molecule has 0 atom stereocenters. The van der Waals surface area contributed by atoms with Crippen LogP contribution < -0.4 is 10.1 Å². The lowest BCUT2D eigenvalue weighted by Gasteiger charge is -2.32. The second-order valence-corrected chi connectivity index (χ2v) is 13.1. The summed E-state index contributed by atoms with van der Waals surface area (Å²) in [6.45, 7) is 4.93. The van der Waals surface area contributed by atoms with Crippen LogP contribution in [-0.2, 0) is 23.0 Å². The summed E-state index contributed by atoms with van der Waals surface area (Å²) in [6, 6.07) is 25.1. The van der Waals surface area contributed by atoms with Crippen LogP contribution in [0.1, 0.15) is 53.6 Å². The van der Waals surface area contributed by atoms with Gasteiger partial charge in [-0.25, -0.2) is 8.42 Å². The number of carbonyl (C=O) groups is 1. The third-order valence-corrected chi connectivity index (χ3v) is 10.0. The maximum absolute atomic E-state index is 12.8. The number of likely N-dealkylation sites (tertiary alicyclic amines) is 1. The van der Waals surface area contributed by atoms with Gasteiger partial charge in [0.2, 0.25) is 10.0 Å². The summed E-state index contributed by atoms with van der Waals surface area (Å²) in [5.41, 5.74) is 3.28. The molecule has 0 aromatic heterocycles. The van der Waals surface area contributed by atoms with E-state index in [1.54, 1.807) is 28.6 Å². The molecule has 2 heterocycles. The minimum atomic E-state index is -3.45. The molecule has 0 aliphatic carbocycles. The highest BCUT2D eigenvalue weighted by molar-refractivity contribution is 7.89. The van der Waals surface area contributed by atoms with E-state index in [0.29, 0.717) is 37.6 Å². The zero-order chi connectivity index (χ0) is 28.5. The molecule has 3 aromatic rings. The van der Waals surface area contributed by atoms with Crippen molar-refractivity contribution in [3.05, 3.63) is 95.6 Å². The first-order chi connectivity index (χ1) is 20.0. The average Bonchev–Trinajstić information content (AvgIpc) is 3.02. The first kappa shape index (κ1) is 29.3. The van der Waals surface area contributed by atoms with Crippen LogP contribution in [-0.4, -0.2) is 62.9 Å². The minimum Gasteiger partial charge on any atom is -0.492 e. The molecular weight excluding hydrogens is 534 g/mol. The number of nitrogens with zero attached hydrogens (tertiary/aromatic N) is 2. The summed E-state index contributed by atoms with van der Waals surface area (Å²) in [7, 11) is -3.45. The van der Waals surface area contributed by atoms with E-state index in [-0.39, 0.29) is 10.8 Å². The lowest BCUT2D eigenvalue weighted by Crippen LogP contribution is -2.35. The van der Waals surface area contributed by atoms with Crippen LogP contribution in [0, 0.1) is 5.92 Å². The van der Waals surface area contributed by atoms with Crippen LogP contribution in [0.15, 0.2) is 83.8 Å². The van der Waals surface area contributed by atoms with E-state index in [1.165, 1.54) is 30.4 Å². The van der Waals surface area contributed by atoms with E-state index >= 15 is 0 Å². The molecule has 0 unspecified atom stereocenters. The maximum atomic E-state index is 12.8. The highest BCUT2D eigenvalue weighted by Crippen LogP contribution is 2.24. The van der Waals surface area contributed by atoms with Gasteiger partial charge in [0.05, 0.1) is 11.4 Å². The standard InChI is InChI=1S/C33H41N3O4S/c37-33(34-19-24-40-31-13-15-32(16-14-31)41(38,39)36-20-5-2-6-21-36)30-11-9-29(10-12-30)26-35-22-17-28(18-23-35)25-27-7-3-1-4-8-27/h1,3-4,7-16,28H,2,5-6,17-26H2,(H,34,37). The molecule has 218 valence electrons. The third-order valence-electron chi connectivity index (χ3n) is 8.13. The number of amides is 1. The molecule has 2 aliphatic heterocycles. The number of sulfonamides is 1. The van der Waals surface area contributed by atoms with Crippen LogP contribution in [0.3, 0.4) is 0 Å². The van der Waals surface area contributed by atoms with Crippen LogP contribution in [0.4, 0.5) is 0 Å². The fraction of sp³-hybridized carbons (Fsp3) is 0.424. The van der Waals surface area contributed by atoms with Gasteiger partial charge in [0.15, 0.2) is 0 Å². The van der Waals surface area contributed by atoms with Gasteiger partial charge < -0.3 is 10.1 Å². The van der Waals surface area contributed by atoms with Gasteiger partial charge in [-0.15, -0.1) is 0 Å². The fourth-order valence-corrected chi connectivity index (χ4v) is 7.23. The second kappa shape index (κ2) is 14.1. The molecule has 3 aromatic carbocycles. The molecule has 8 heteroatoms. The van der Waals surface area contributed by atoms with E-state index in [2.05, 4.69) is 40.5 Å². The Labute approximate surface area is 244 Å². The summed E-state index contributed by atoms with van der Waals surface area (Å²) in [5, 5.41) is 2.90. The van der Waals surface area contributed by atoms with Crippen molar-refractivity contribution in [3.8, 4) is 5.75 Å². The number of hydrogen-bond acceptors (Lipinski definition) is 5. The van der Waals surface area contributed by atoms with E-state index in [0.717, 1.165) is 44.8 Å². The van der Waals surface area contributed by atoms with Crippen molar-refractivity contribution in [1.29, 1.82) is 0 Å². The Morgan fingerprint density at radius 3 is 2.17 bits per heavy atom. The molecular formula is C33H41N3O4S. The molecule has 0 radical (unpaired) electrons. The number of rotatable bonds is 11. The van der Waals surface area contributed by atoms with E-state index in [4.69, 9.17) is 4.74 Å². The maximum Gasteiger partial charge on any atom is 0.251 e. The number of carbonyl (C=O) groups excluding carboxylic acids is 1. The lowest BCUT2D eigenvalue weighted by atomic mass is 9.90. The molecule has 2 saturated heterocycles. The van der Waals surface area contributed by atoms with Gasteiger partial charge in [-0.3, -0.25) is 9.69 Å². The number of hydrogen-bond donors (Lipinski definition) is 1. The quantitative estimate of drug-likeness (QED) is 0.321. The van der Waals surface area contributed by atoms with Crippen LogP contribution in [0.2, 0.25) is 0 Å². The zero-order valence-electron chi connectivity index (χ0n) is 23.7. The Bertz CT molecular complexity index is 1350. The van der Waals surface area contributed by atoms with Gasteiger partial charge >= 0.3 is 0 Å². The average molecular weight is 576 g/mol. The Balaban J connectivity index is 1.00. The van der Waals surface area contributed by atoms with Gasteiger partial charge in [-0.1, -0.05) is 48.9 Å². The summed E-state index contributed by atoms with van der Waals surface area (Å²) < 4.78 is 32.9. The molecule has 0 bridgehead atoms. The summed E-state index contributed by atoms with van der Waals surface area (Å²) >= 11 is 0. The predicted octanol–water partition coefficient (Wildman–Crippen LogP) is 5.12. The Kier molecular flexibility index (Phi) is 10.1. The molecule has 1 amide bonds. The van der Waals surface area contributed by atoms with Crippen molar-refractivity contribution in [2.24, 2.45) is 5.92 Å². The minimum absolute atomic E-state index is 0.134. The monoisotopic (exact) mass is 575 g/mol. The third kappa shape index (κ3) is 8.18. The van der Waals surface area contributed by atoms with Crippen molar-refractivity contribution in [3.63, 3.8) is 0 Å². The normalized spacial score (nSPS) is 17.3. The molecule has 0 spiro atoms. The van der Waals surface area contributed by atoms with Gasteiger partial charge in [0.25, 0.3) is 5.91 Å². The van der Waals surface area contributed by atoms with Gasteiger partial charge in [-0.05, 0) is 98.6 Å². The van der Waals surface area contributed by atoms with Crippen molar-refractivity contribution < 1.29 is 17.9 Å².